The molecule has 3 aromatic rings. The fourth-order valence-electron chi connectivity index (χ4n) is 2.51. The standard InChI is InChI=1S/C18H12BrNO5/c19-16-13(21)5-2-10-1-4-12(20-17(10)16)8-23-18(22)11-3-6-14-15(7-11)25-9-24-14/h1-7,21H,8-9H2. The van der Waals surface area contributed by atoms with Crippen LogP contribution >= 0.6 is 15.9 Å². The number of esters is 1. The van der Waals surface area contributed by atoms with Crippen LogP contribution < -0.4 is 9.47 Å². The zero-order valence-electron chi connectivity index (χ0n) is 12.9. The summed E-state index contributed by atoms with van der Waals surface area (Å²) in [6, 6.07) is 11.9. The SMILES string of the molecule is O=C(OCc1ccc2ccc(O)c(Br)c2n1)c1ccc2c(c1)OCO2. The van der Waals surface area contributed by atoms with E-state index in [0.29, 0.717) is 32.7 Å². The number of phenolic OH excluding ortho intramolecular Hbond substituents is 1. The molecule has 0 aliphatic carbocycles. The average Bonchev–Trinajstić information content (AvgIpc) is 3.10. The van der Waals surface area contributed by atoms with Crippen LogP contribution in [-0.2, 0) is 11.3 Å². The molecule has 126 valence electrons. The summed E-state index contributed by atoms with van der Waals surface area (Å²) in [5.41, 5.74) is 1.56. The number of hydrogen-bond acceptors (Lipinski definition) is 6. The summed E-state index contributed by atoms with van der Waals surface area (Å²) in [6.07, 6.45) is 0. The maximum absolute atomic E-state index is 12.2. The highest BCUT2D eigenvalue weighted by Gasteiger charge is 2.17. The van der Waals surface area contributed by atoms with E-state index in [4.69, 9.17) is 14.2 Å². The van der Waals surface area contributed by atoms with Gasteiger partial charge >= 0.3 is 5.97 Å². The predicted octanol–water partition coefficient (Wildman–Crippen LogP) is 3.79. The summed E-state index contributed by atoms with van der Waals surface area (Å²) in [6.45, 7) is 0.169. The van der Waals surface area contributed by atoms with Crippen LogP contribution in [0.15, 0.2) is 46.9 Å². The fourth-order valence-corrected chi connectivity index (χ4v) is 2.96. The lowest BCUT2D eigenvalue weighted by Crippen LogP contribution is -2.06. The van der Waals surface area contributed by atoms with E-state index in [0.717, 1.165) is 5.39 Å². The van der Waals surface area contributed by atoms with Gasteiger partial charge < -0.3 is 19.3 Å². The molecule has 7 heteroatoms. The highest BCUT2D eigenvalue weighted by atomic mass is 79.9. The molecule has 1 aliphatic rings. The van der Waals surface area contributed by atoms with Crippen molar-refractivity contribution < 1.29 is 24.1 Å². The molecule has 0 fully saturated rings. The molecule has 1 aliphatic heterocycles. The third-order valence-electron chi connectivity index (χ3n) is 3.80. The van der Waals surface area contributed by atoms with Gasteiger partial charge in [0, 0.05) is 5.39 Å². The summed E-state index contributed by atoms with van der Waals surface area (Å²) in [5.74, 6) is 0.764. The Hall–Kier alpha value is -2.80. The molecule has 6 nitrogen and oxygen atoms in total. The summed E-state index contributed by atoms with van der Waals surface area (Å²) in [4.78, 5) is 16.6. The van der Waals surface area contributed by atoms with E-state index in [1.54, 1.807) is 36.4 Å². The first kappa shape index (κ1) is 15.7. The zero-order valence-corrected chi connectivity index (χ0v) is 14.4. The van der Waals surface area contributed by atoms with Crippen LogP contribution in [0.2, 0.25) is 0 Å². The van der Waals surface area contributed by atoms with Crippen molar-refractivity contribution in [3.63, 3.8) is 0 Å². The Labute approximate surface area is 151 Å². The number of carbonyl (C=O) groups is 1. The van der Waals surface area contributed by atoms with E-state index in [9.17, 15) is 9.90 Å². The Morgan fingerprint density at radius 3 is 2.84 bits per heavy atom. The van der Waals surface area contributed by atoms with Gasteiger partial charge in [-0.15, -0.1) is 0 Å². The van der Waals surface area contributed by atoms with Crippen LogP contribution in [0, 0.1) is 0 Å². The predicted molar refractivity (Wildman–Crippen MR) is 92.8 cm³/mol. The van der Waals surface area contributed by atoms with Gasteiger partial charge in [0.1, 0.15) is 12.4 Å². The Kier molecular flexibility index (Phi) is 3.93. The number of ether oxygens (including phenoxy) is 3. The number of carbonyl (C=O) groups excluding carboxylic acids is 1. The van der Waals surface area contributed by atoms with Gasteiger partial charge in [-0.05, 0) is 52.3 Å². The maximum atomic E-state index is 12.2. The minimum atomic E-state index is -0.477. The molecular formula is C18H12BrNO5. The highest BCUT2D eigenvalue weighted by Crippen LogP contribution is 2.33. The first-order chi connectivity index (χ1) is 12.1. The number of hydrogen-bond donors (Lipinski definition) is 1. The Balaban J connectivity index is 1.52. The molecule has 0 bridgehead atoms. The number of nitrogens with zero attached hydrogens (tertiary/aromatic N) is 1. The number of aromatic nitrogens is 1. The van der Waals surface area contributed by atoms with Crippen LogP contribution in [0.4, 0.5) is 0 Å². The average molecular weight is 402 g/mol. The molecule has 0 saturated heterocycles. The molecular weight excluding hydrogens is 390 g/mol. The number of halogens is 1. The third-order valence-corrected chi connectivity index (χ3v) is 4.58. The van der Waals surface area contributed by atoms with Crippen molar-refractivity contribution >= 4 is 32.8 Å². The first-order valence-electron chi connectivity index (χ1n) is 7.46. The molecule has 1 N–H and O–H groups in total. The van der Waals surface area contributed by atoms with E-state index < -0.39 is 5.97 Å². The van der Waals surface area contributed by atoms with E-state index in [1.165, 1.54) is 0 Å². The second kappa shape index (κ2) is 6.25. The highest BCUT2D eigenvalue weighted by molar-refractivity contribution is 9.10. The van der Waals surface area contributed by atoms with Crippen molar-refractivity contribution in [2.75, 3.05) is 6.79 Å². The third kappa shape index (κ3) is 2.98. The molecule has 2 heterocycles. The summed E-state index contributed by atoms with van der Waals surface area (Å²) in [5, 5.41) is 10.6. The lowest BCUT2D eigenvalue weighted by atomic mass is 10.2. The number of phenols is 1. The van der Waals surface area contributed by atoms with Crippen molar-refractivity contribution in [3.8, 4) is 17.2 Å². The van der Waals surface area contributed by atoms with Gasteiger partial charge in [0.2, 0.25) is 6.79 Å². The van der Waals surface area contributed by atoms with Crippen molar-refractivity contribution in [2.45, 2.75) is 6.61 Å². The van der Waals surface area contributed by atoms with Gasteiger partial charge in [-0.3, -0.25) is 0 Å². The summed E-state index contributed by atoms with van der Waals surface area (Å²) in [7, 11) is 0. The van der Waals surface area contributed by atoms with Crippen molar-refractivity contribution in [2.24, 2.45) is 0 Å². The molecule has 1 aromatic heterocycles. The van der Waals surface area contributed by atoms with E-state index >= 15 is 0 Å². The summed E-state index contributed by atoms with van der Waals surface area (Å²) < 4.78 is 16.3. The number of rotatable bonds is 3. The van der Waals surface area contributed by atoms with Crippen LogP contribution in [0.1, 0.15) is 16.1 Å². The topological polar surface area (TPSA) is 77.9 Å². The lowest BCUT2D eigenvalue weighted by Gasteiger charge is -2.07. The van der Waals surface area contributed by atoms with Gasteiger partial charge in [-0.2, -0.15) is 0 Å². The van der Waals surface area contributed by atoms with Gasteiger partial charge in [-0.1, -0.05) is 6.07 Å². The normalized spacial score (nSPS) is 12.4. The molecule has 25 heavy (non-hydrogen) atoms. The Bertz CT molecular complexity index is 989. The van der Waals surface area contributed by atoms with Crippen molar-refractivity contribution in [3.05, 3.63) is 58.2 Å². The molecule has 0 radical (unpaired) electrons. The van der Waals surface area contributed by atoms with Gasteiger partial charge in [-0.25, -0.2) is 9.78 Å². The molecule has 0 saturated carbocycles. The van der Waals surface area contributed by atoms with E-state index in [2.05, 4.69) is 20.9 Å². The Morgan fingerprint density at radius 2 is 1.96 bits per heavy atom. The minimum Gasteiger partial charge on any atom is -0.507 e. The van der Waals surface area contributed by atoms with Gasteiger partial charge in [0.05, 0.1) is 21.2 Å². The lowest BCUT2D eigenvalue weighted by molar-refractivity contribution is 0.0467. The number of fused-ring (bicyclic) bond motifs is 2. The zero-order chi connectivity index (χ0) is 17.4. The minimum absolute atomic E-state index is 0.0192. The molecule has 2 aromatic carbocycles. The van der Waals surface area contributed by atoms with Crippen LogP contribution in [0.25, 0.3) is 10.9 Å². The first-order valence-corrected chi connectivity index (χ1v) is 8.25. The smallest absolute Gasteiger partial charge is 0.338 e. The van der Waals surface area contributed by atoms with Crippen LogP contribution in [0.5, 0.6) is 17.2 Å². The van der Waals surface area contributed by atoms with Gasteiger partial charge in [0.15, 0.2) is 11.5 Å². The second-order valence-corrected chi connectivity index (χ2v) is 6.21. The number of aromatic hydroxyl groups is 1. The maximum Gasteiger partial charge on any atom is 0.338 e. The van der Waals surface area contributed by atoms with Crippen LogP contribution in [-0.4, -0.2) is 22.9 Å². The quantitative estimate of drug-likeness (QED) is 0.672. The largest absolute Gasteiger partial charge is 0.507 e. The van der Waals surface area contributed by atoms with Crippen molar-refractivity contribution in [1.82, 2.24) is 4.98 Å². The van der Waals surface area contributed by atoms with Gasteiger partial charge in [0.25, 0.3) is 0 Å². The number of pyridine rings is 1. The van der Waals surface area contributed by atoms with E-state index in [1.807, 2.05) is 6.07 Å². The molecule has 0 atom stereocenters. The second-order valence-electron chi connectivity index (χ2n) is 5.42. The monoisotopic (exact) mass is 401 g/mol. The molecule has 4 rings (SSSR count). The van der Waals surface area contributed by atoms with E-state index in [-0.39, 0.29) is 19.1 Å². The Morgan fingerprint density at radius 1 is 1.16 bits per heavy atom. The summed E-state index contributed by atoms with van der Waals surface area (Å²) >= 11 is 3.31. The molecule has 0 unspecified atom stereocenters. The van der Waals surface area contributed by atoms with Crippen molar-refractivity contribution in [1.29, 1.82) is 0 Å². The van der Waals surface area contributed by atoms with Crippen LogP contribution in [0.3, 0.4) is 0 Å². The fraction of sp³-hybridized carbons (Fsp3) is 0.111. The molecule has 0 amide bonds. The number of benzene rings is 2. The molecule has 0 spiro atoms.